The van der Waals surface area contributed by atoms with E-state index in [0.717, 1.165) is 0 Å². The lowest BCUT2D eigenvalue weighted by Gasteiger charge is -2.24. The fourth-order valence-corrected chi connectivity index (χ4v) is 1.16. The Kier molecular flexibility index (Phi) is 9.69. The Balaban J connectivity index is 0. The van der Waals surface area contributed by atoms with Crippen LogP contribution in [0.2, 0.25) is 0 Å². The standard InChI is InChI=1S/C8H11NO8.CH3NO2/c10-5(11)1-4(8(16)17)9(2-6(12)13)3-7(14)15;2-1(3)4/h4H,1-3H2,(H,10,11)(H,12,13)(H,14,15)(H,16,17);2H2,(H,3,4)/t4-;/m0./s1. The van der Waals surface area contributed by atoms with Gasteiger partial charge in [-0.2, -0.15) is 0 Å². The second-order valence-electron chi connectivity index (χ2n) is 3.48. The van der Waals surface area contributed by atoms with E-state index in [2.05, 4.69) is 5.73 Å². The molecule has 0 aromatic rings. The molecule has 1 atom stereocenters. The van der Waals surface area contributed by atoms with Crippen molar-refractivity contribution in [3.05, 3.63) is 0 Å². The lowest BCUT2D eigenvalue weighted by Crippen LogP contribution is -2.47. The minimum Gasteiger partial charge on any atom is -0.481 e. The third-order valence-corrected chi connectivity index (χ3v) is 1.77. The van der Waals surface area contributed by atoms with Crippen LogP contribution >= 0.6 is 0 Å². The summed E-state index contributed by atoms with van der Waals surface area (Å²) in [6.07, 6.45) is -2.21. The highest BCUT2D eigenvalue weighted by Gasteiger charge is 2.30. The van der Waals surface area contributed by atoms with Gasteiger partial charge >= 0.3 is 30.0 Å². The van der Waals surface area contributed by atoms with Gasteiger partial charge < -0.3 is 31.3 Å². The molecule has 12 heteroatoms. The van der Waals surface area contributed by atoms with E-state index in [4.69, 9.17) is 30.3 Å². The van der Waals surface area contributed by atoms with E-state index in [1.54, 1.807) is 0 Å². The van der Waals surface area contributed by atoms with Crippen molar-refractivity contribution in [2.45, 2.75) is 12.5 Å². The minimum atomic E-state index is -1.69. The molecule has 0 bridgehead atoms. The minimum absolute atomic E-state index is 0.557. The predicted octanol–water partition coefficient (Wildman–Crippen LogP) is -1.99. The molecule has 0 aliphatic heterocycles. The lowest BCUT2D eigenvalue weighted by atomic mass is 10.1. The summed E-state index contributed by atoms with van der Waals surface area (Å²) in [6, 6.07) is -1.69. The van der Waals surface area contributed by atoms with Crippen LogP contribution in [0, 0.1) is 0 Å². The molecule has 0 aromatic carbocycles. The van der Waals surface area contributed by atoms with Crippen molar-refractivity contribution in [1.82, 2.24) is 4.90 Å². The highest BCUT2D eigenvalue weighted by molar-refractivity contribution is 5.82. The van der Waals surface area contributed by atoms with E-state index in [-0.39, 0.29) is 0 Å². The van der Waals surface area contributed by atoms with Crippen molar-refractivity contribution < 1.29 is 49.5 Å². The van der Waals surface area contributed by atoms with Crippen LogP contribution in [-0.4, -0.2) is 79.5 Å². The Morgan fingerprint density at radius 2 is 1.14 bits per heavy atom. The van der Waals surface area contributed by atoms with Crippen LogP contribution in [0.25, 0.3) is 0 Å². The van der Waals surface area contributed by atoms with Crippen molar-refractivity contribution in [2.24, 2.45) is 5.73 Å². The van der Waals surface area contributed by atoms with Gasteiger partial charge in [0.05, 0.1) is 19.5 Å². The Bertz CT molecular complexity index is 401. The van der Waals surface area contributed by atoms with Gasteiger partial charge in [0.1, 0.15) is 6.04 Å². The zero-order valence-electron chi connectivity index (χ0n) is 10.5. The largest absolute Gasteiger partial charge is 0.481 e. The maximum absolute atomic E-state index is 10.7. The fraction of sp³-hybridized carbons (Fsp3) is 0.444. The monoisotopic (exact) mass is 310 g/mol. The molecular weight excluding hydrogens is 296 g/mol. The Morgan fingerprint density at radius 3 is 1.33 bits per heavy atom. The molecule has 7 N–H and O–H groups in total. The fourth-order valence-electron chi connectivity index (χ4n) is 1.16. The smallest absolute Gasteiger partial charge is 0.402 e. The number of hydrogen-bond acceptors (Lipinski definition) is 6. The van der Waals surface area contributed by atoms with Crippen LogP contribution in [-0.2, 0) is 19.2 Å². The first-order valence-electron chi connectivity index (χ1n) is 5.08. The molecule has 0 aliphatic rings. The van der Waals surface area contributed by atoms with Gasteiger partial charge in [0, 0.05) is 0 Å². The molecule has 0 aliphatic carbocycles. The summed E-state index contributed by atoms with van der Waals surface area (Å²) >= 11 is 0. The Morgan fingerprint density at radius 1 is 0.810 bits per heavy atom. The first-order chi connectivity index (χ1) is 9.47. The average molecular weight is 310 g/mol. The third kappa shape index (κ3) is 13.3. The molecule has 12 nitrogen and oxygen atoms in total. The highest BCUT2D eigenvalue weighted by Crippen LogP contribution is 2.05. The Labute approximate surface area is 117 Å². The Hall–Kier alpha value is -2.89. The van der Waals surface area contributed by atoms with Gasteiger partial charge in [0.25, 0.3) is 0 Å². The molecule has 0 rings (SSSR count). The number of primary amides is 1. The van der Waals surface area contributed by atoms with Crippen LogP contribution in [0.3, 0.4) is 0 Å². The van der Waals surface area contributed by atoms with Crippen molar-refractivity contribution >= 4 is 30.0 Å². The summed E-state index contributed by atoms with van der Waals surface area (Å²) in [6.45, 7) is -1.73. The van der Waals surface area contributed by atoms with Crippen LogP contribution in [0.5, 0.6) is 0 Å². The van der Waals surface area contributed by atoms with Crippen LogP contribution in [0.4, 0.5) is 4.79 Å². The zero-order valence-corrected chi connectivity index (χ0v) is 10.5. The number of hydrogen-bond donors (Lipinski definition) is 6. The quantitative estimate of drug-likeness (QED) is 0.288. The number of amides is 1. The van der Waals surface area contributed by atoms with Gasteiger partial charge in [-0.15, -0.1) is 0 Å². The molecule has 0 saturated carbocycles. The normalized spacial score (nSPS) is 10.9. The SMILES string of the molecule is NC(=O)O.O=C(O)C[C@@H](C(=O)O)N(CC(=O)O)CC(=O)O. The van der Waals surface area contributed by atoms with Crippen molar-refractivity contribution in [1.29, 1.82) is 0 Å². The van der Waals surface area contributed by atoms with Gasteiger partial charge in [0.2, 0.25) is 0 Å². The summed E-state index contributed by atoms with van der Waals surface area (Å²) in [7, 11) is 0. The van der Waals surface area contributed by atoms with E-state index >= 15 is 0 Å². The van der Waals surface area contributed by atoms with E-state index in [0.29, 0.717) is 4.90 Å². The van der Waals surface area contributed by atoms with E-state index in [1.807, 2.05) is 0 Å². The number of rotatable bonds is 8. The van der Waals surface area contributed by atoms with Gasteiger partial charge in [-0.25, -0.2) is 4.79 Å². The first-order valence-corrected chi connectivity index (χ1v) is 5.08. The topological polar surface area (TPSA) is 216 Å². The number of nitrogens with zero attached hydrogens (tertiary/aromatic N) is 1. The first kappa shape index (κ1) is 20.4. The van der Waals surface area contributed by atoms with Crippen molar-refractivity contribution in [3.63, 3.8) is 0 Å². The maximum atomic E-state index is 10.7. The summed E-state index contributed by atoms with van der Waals surface area (Å²) in [4.78, 5) is 51.3. The zero-order chi connectivity index (χ0) is 17.2. The van der Waals surface area contributed by atoms with E-state index in [1.165, 1.54) is 0 Å². The van der Waals surface area contributed by atoms with Gasteiger partial charge in [0.15, 0.2) is 0 Å². The number of carboxylic acids is 4. The average Bonchev–Trinajstić information content (AvgIpc) is 2.22. The molecule has 0 radical (unpaired) electrons. The van der Waals surface area contributed by atoms with Crippen molar-refractivity contribution in [2.75, 3.05) is 13.1 Å². The predicted molar refractivity (Wildman–Crippen MR) is 62.7 cm³/mol. The maximum Gasteiger partial charge on any atom is 0.402 e. The molecule has 21 heavy (non-hydrogen) atoms. The summed E-state index contributed by atoms with van der Waals surface area (Å²) in [5, 5.41) is 41.4. The van der Waals surface area contributed by atoms with Gasteiger partial charge in [-0.1, -0.05) is 0 Å². The van der Waals surface area contributed by atoms with E-state index in [9.17, 15) is 19.2 Å². The summed E-state index contributed by atoms with van der Waals surface area (Å²) in [5.74, 6) is -5.93. The lowest BCUT2D eigenvalue weighted by molar-refractivity contribution is -0.154. The number of nitrogens with two attached hydrogens (primary N) is 1. The molecule has 1 amide bonds. The van der Waals surface area contributed by atoms with Gasteiger partial charge in [-0.05, 0) is 0 Å². The molecule has 0 spiro atoms. The second kappa shape index (κ2) is 9.96. The number of carboxylic acid groups (broad SMARTS) is 5. The number of carbonyl (C=O) groups is 5. The van der Waals surface area contributed by atoms with Crippen LogP contribution in [0.1, 0.15) is 6.42 Å². The molecule has 120 valence electrons. The van der Waals surface area contributed by atoms with Crippen molar-refractivity contribution in [3.8, 4) is 0 Å². The third-order valence-electron chi connectivity index (χ3n) is 1.77. The summed E-state index contributed by atoms with van der Waals surface area (Å²) < 4.78 is 0. The van der Waals surface area contributed by atoms with Crippen LogP contribution in [0.15, 0.2) is 0 Å². The summed E-state index contributed by atoms with van der Waals surface area (Å²) in [5.41, 5.74) is 4.03. The molecule has 0 aromatic heterocycles. The van der Waals surface area contributed by atoms with Crippen LogP contribution < -0.4 is 5.73 Å². The number of aliphatic carboxylic acids is 4. The van der Waals surface area contributed by atoms with Gasteiger partial charge in [-0.3, -0.25) is 24.1 Å². The molecule has 0 fully saturated rings. The molecule has 0 saturated heterocycles. The molecular formula is C9H14N2O10. The van der Waals surface area contributed by atoms with E-state index < -0.39 is 55.5 Å². The second-order valence-corrected chi connectivity index (χ2v) is 3.48. The molecule has 0 heterocycles. The molecule has 0 unspecified atom stereocenters. The highest BCUT2D eigenvalue weighted by atomic mass is 16.4.